The first-order valence-corrected chi connectivity index (χ1v) is 15.0. The number of benzene rings is 2. The maximum absolute atomic E-state index is 16.6. The number of halogens is 4. The maximum Gasteiger partial charge on any atom is 0.319 e. The van der Waals surface area contributed by atoms with Gasteiger partial charge in [0.2, 0.25) is 0 Å². The second-order valence-electron chi connectivity index (χ2n) is 11.1. The maximum atomic E-state index is 16.6. The van der Waals surface area contributed by atoms with Crippen molar-refractivity contribution < 1.29 is 18.3 Å². The number of hydrogen-bond donors (Lipinski definition) is 0. The summed E-state index contributed by atoms with van der Waals surface area (Å²) in [6.45, 7) is 4.38. The van der Waals surface area contributed by atoms with E-state index in [9.17, 15) is 14.4 Å². The predicted octanol–water partition coefficient (Wildman–Crippen LogP) is 6.42. The Balaban J connectivity index is 1.62. The number of hydrogen-bond acceptors (Lipinski definition) is 8. The van der Waals surface area contributed by atoms with E-state index >= 15 is 4.39 Å². The minimum atomic E-state index is -1.14. The Morgan fingerprint density at radius 3 is 2.73 bits per heavy atom. The molecule has 9 nitrogen and oxygen atoms in total. The monoisotopic (exact) mass is 653 g/mol. The fourth-order valence-electron chi connectivity index (χ4n) is 5.62. The van der Waals surface area contributed by atoms with Gasteiger partial charge in [0.05, 0.1) is 34.0 Å². The van der Waals surface area contributed by atoms with Crippen molar-refractivity contribution in [2.24, 2.45) is 0 Å². The van der Waals surface area contributed by atoms with E-state index in [1.807, 2.05) is 19.2 Å². The average Bonchev–Trinajstić information content (AvgIpc) is 3.44. The molecule has 0 unspecified atom stereocenters. The van der Waals surface area contributed by atoms with Crippen LogP contribution in [0.15, 0.2) is 48.9 Å². The highest BCUT2D eigenvalue weighted by Gasteiger charge is 2.27. The van der Waals surface area contributed by atoms with Gasteiger partial charge in [-0.1, -0.05) is 54.0 Å². The fraction of sp³-hybridized carbons (Fsp3) is 0.344. The molecule has 0 spiro atoms. The number of likely N-dealkylation sites (N-methyl/N-ethyl adjacent to an activating group) is 3. The van der Waals surface area contributed by atoms with Gasteiger partial charge >= 0.3 is 6.01 Å². The van der Waals surface area contributed by atoms with E-state index in [1.165, 1.54) is 13.2 Å². The van der Waals surface area contributed by atoms with Gasteiger partial charge in [-0.25, -0.2) is 8.78 Å². The molecule has 0 saturated carbocycles. The number of aromatic nitrogens is 3. The third-order valence-corrected chi connectivity index (χ3v) is 8.99. The smallest absolute Gasteiger partial charge is 0.319 e. The first-order chi connectivity index (χ1) is 21.5. The van der Waals surface area contributed by atoms with Gasteiger partial charge in [0.15, 0.2) is 11.6 Å². The van der Waals surface area contributed by atoms with Crippen molar-refractivity contribution in [3.05, 3.63) is 64.8 Å². The molecule has 45 heavy (non-hydrogen) atoms. The number of pyridine rings is 1. The Labute approximate surface area is 269 Å². The molecule has 1 aliphatic heterocycles. The molecule has 1 saturated heterocycles. The number of ether oxygens (including phenoxy) is 1. The molecule has 2 atom stereocenters. The quantitative estimate of drug-likeness (QED) is 0.181. The van der Waals surface area contributed by atoms with Crippen LogP contribution in [0.4, 0.5) is 14.6 Å². The van der Waals surface area contributed by atoms with Gasteiger partial charge in [-0.15, -0.1) is 0 Å². The van der Waals surface area contributed by atoms with Crippen LogP contribution in [0.3, 0.4) is 0 Å². The number of amides is 1. The van der Waals surface area contributed by atoms with E-state index in [4.69, 9.17) is 27.9 Å². The van der Waals surface area contributed by atoms with E-state index in [0.717, 1.165) is 29.7 Å². The molecule has 5 rings (SSSR count). The molecule has 0 bridgehead atoms. The highest BCUT2D eigenvalue weighted by molar-refractivity contribution is 6.46. The van der Waals surface area contributed by atoms with Gasteiger partial charge in [-0.2, -0.15) is 15.2 Å². The van der Waals surface area contributed by atoms with Crippen LogP contribution < -0.4 is 9.64 Å². The van der Waals surface area contributed by atoms with Crippen molar-refractivity contribution in [1.29, 1.82) is 5.26 Å². The Hall–Kier alpha value is -4.11. The molecule has 234 valence electrons. The Morgan fingerprint density at radius 1 is 1.27 bits per heavy atom. The van der Waals surface area contributed by atoms with Crippen molar-refractivity contribution >= 4 is 56.6 Å². The van der Waals surface area contributed by atoms with Crippen molar-refractivity contribution in [3.63, 3.8) is 0 Å². The molecule has 0 aliphatic carbocycles. The third kappa shape index (κ3) is 6.50. The SMILES string of the molecule is C=C(F)C(=O)N(C)[C@@H](CC#N)CN(C)c1nc(OC[C@@H]2CCCN2C)nc2c(F)c(-c3cccc4ccc(Cl)c(Cl)c34)ncc12. The van der Waals surface area contributed by atoms with Gasteiger partial charge in [-0.3, -0.25) is 9.78 Å². The Bertz CT molecular complexity index is 1830. The van der Waals surface area contributed by atoms with Crippen LogP contribution in [-0.2, 0) is 4.79 Å². The van der Waals surface area contributed by atoms with Crippen LogP contribution in [0.2, 0.25) is 10.0 Å². The predicted molar refractivity (Wildman–Crippen MR) is 172 cm³/mol. The Kier molecular flexibility index (Phi) is 9.68. The van der Waals surface area contributed by atoms with Crippen LogP contribution >= 0.6 is 23.2 Å². The molecule has 1 aliphatic rings. The van der Waals surface area contributed by atoms with Gasteiger partial charge < -0.3 is 19.4 Å². The van der Waals surface area contributed by atoms with Gasteiger partial charge in [0, 0.05) is 43.8 Å². The van der Waals surface area contributed by atoms with Crippen LogP contribution in [0.5, 0.6) is 6.01 Å². The average molecular weight is 655 g/mol. The lowest BCUT2D eigenvalue weighted by molar-refractivity contribution is -0.129. The molecular weight excluding hydrogens is 623 g/mol. The van der Waals surface area contributed by atoms with E-state index in [0.29, 0.717) is 22.6 Å². The molecule has 0 N–H and O–H groups in total. The molecular formula is C32H31Cl2F2N7O2. The lowest BCUT2D eigenvalue weighted by Gasteiger charge is -2.31. The van der Waals surface area contributed by atoms with Crippen LogP contribution in [0, 0.1) is 17.1 Å². The highest BCUT2D eigenvalue weighted by Crippen LogP contribution is 2.39. The molecule has 2 aromatic heterocycles. The molecule has 4 aromatic rings. The zero-order valence-corrected chi connectivity index (χ0v) is 26.5. The number of nitrogens with zero attached hydrogens (tertiary/aromatic N) is 7. The van der Waals surface area contributed by atoms with Crippen LogP contribution in [0.25, 0.3) is 32.9 Å². The Morgan fingerprint density at radius 2 is 2.04 bits per heavy atom. The molecule has 3 heterocycles. The molecule has 13 heteroatoms. The van der Waals surface area contributed by atoms with E-state index in [-0.39, 0.29) is 52.5 Å². The van der Waals surface area contributed by atoms with Crippen molar-refractivity contribution in [1.82, 2.24) is 24.8 Å². The van der Waals surface area contributed by atoms with Crippen LogP contribution in [-0.4, -0.2) is 83.6 Å². The molecule has 1 fully saturated rings. The second-order valence-corrected chi connectivity index (χ2v) is 11.9. The number of likely N-dealkylation sites (tertiary alicyclic amines) is 1. The number of carbonyl (C=O) groups is 1. The first kappa shape index (κ1) is 32.3. The number of fused-ring (bicyclic) bond motifs is 2. The summed E-state index contributed by atoms with van der Waals surface area (Å²) in [5, 5.41) is 11.6. The fourth-order valence-corrected chi connectivity index (χ4v) is 6.05. The van der Waals surface area contributed by atoms with Crippen molar-refractivity contribution in [2.45, 2.75) is 31.3 Å². The highest BCUT2D eigenvalue weighted by atomic mass is 35.5. The zero-order chi connectivity index (χ0) is 32.4. The zero-order valence-electron chi connectivity index (χ0n) is 25.0. The normalized spacial score (nSPS) is 15.6. The molecule has 1 amide bonds. The molecule has 2 aromatic carbocycles. The summed E-state index contributed by atoms with van der Waals surface area (Å²) in [6, 6.07) is 10.2. The summed E-state index contributed by atoms with van der Waals surface area (Å²) in [7, 11) is 5.07. The second kappa shape index (κ2) is 13.5. The summed E-state index contributed by atoms with van der Waals surface area (Å²) < 4.78 is 36.3. The van der Waals surface area contributed by atoms with Gasteiger partial charge in [0.1, 0.15) is 23.6 Å². The van der Waals surface area contributed by atoms with E-state index in [2.05, 4.69) is 26.4 Å². The van der Waals surface area contributed by atoms with Gasteiger partial charge in [0.25, 0.3) is 5.91 Å². The lowest BCUT2D eigenvalue weighted by Crippen LogP contribution is -2.44. The minimum absolute atomic E-state index is 0.0141. The van der Waals surface area contributed by atoms with Gasteiger partial charge in [-0.05, 0) is 37.9 Å². The summed E-state index contributed by atoms with van der Waals surface area (Å²) in [4.78, 5) is 30.8. The lowest BCUT2D eigenvalue weighted by atomic mass is 10.0. The number of nitriles is 1. The topological polar surface area (TPSA) is 98.5 Å². The number of carbonyl (C=O) groups excluding carboxylic acids is 1. The third-order valence-electron chi connectivity index (χ3n) is 8.18. The number of rotatable bonds is 10. The summed E-state index contributed by atoms with van der Waals surface area (Å²) in [5.41, 5.74) is 0.406. The standard InChI is InChI=1S/C32H31Cl2F2N7O2/c1-18(35)31(44)43(4)20(12-13-37)16-42(3)30-23-15-38-28(22-9-5-7-19-10-11-24(33)26(34)25(19)22)27(36)29(23)39-32(40-30)45-17-21-8-6-14-41(21)2/h5,7,9-11,15,20-21H,1,6,8,12,14,16-17H2,2-4H3/t20-,21-/m0/s1. The summed E-state index contributed by atoms with van der Waals surface area (Å²) in [5.74, 6) is -2.54. The first-order valence-electron chi connectivity index (χ1n) is 14.3. The van der Waals surface area contributed by atoms with Crippen molar-refractivity contribution in [2.75, 3.05) is 45.7 Å². The van der Waals surface area contributed by atoms with E-state index < -0.39 is 23.6 Å². The number of anilines is 1. The largest absolute Gasteiger partial charge is 0.462 e. The summed E-state index contributed by atoms with van der Waals surface area (Å²) in [6.07, 6.45) is 3.35. The minimum Gasteiger partial charge on any atom is -0.462 e. The van der Waals surface area contributed by atoms with Crippen molar-refractivity contribution in [3.8, 4) is 23.3 Å². The van der Waals surface area contributed by atoms with Crippen LogP contribution in [0.1, 0.15) is 19.3 Å². The van der Waals surface area contributed by atoms with E-state index in [1.54, 1.807) is 36.2 Å². The molecule has 0 radical (unpaired) electrons. The summed E-state index contributed by atoms with van der Waals surface area (Å²) >= 11 is 12.9.